The van der Waals surface area contributed by atoms with Crippen LogP contribution in [0.15, 0.2) is 12.2 Å². The van der Waals surface area contributed by atoms with Crippen molar-refractivity contribution in [2.24, 2.45) is 5.41 Å². The van der Waals surface area contributed by atoms with Crippen LogP contribution in [0, 0.1) is 5.41 Å². The molecule has 0 aromatic heterocycles. The highest BCUT2D eigenvalue weighted by Gasteiger charge is 2.08. The zero-order valence-electron chi connectivity index (χ0n) is 8.41. The number of hydrogen-bond acceptors (Lipinski definition) is 0. The summed E-state index contributed by atoms with van der Waals surface area (Å²) in [6.45, 7) is 16.6. The third-order valence-corrected chi connectivity index (χ3v) is 0.832. The van der Waals surface area contributed by atoms with Crippen LogP contribution in [0.4, 0.5) is 0 Å². The van der Waals surface area contributed by atoms with E-state index >= 15 is 0 Å². The van der Waals surface area contributed by atoms with E-state index in [1.54, 1.807) is 0 Å². The lowest BCUT2D eigenvalue weighted by Crippen LogP contribution is -2.03. The molecule has 0 heteroatoms. The van der Waals surface area contributed by atoms with E-state index in [9.17, 15) is 0 Å². The minimum absolute atomic E-state index is 0.422. The maximum Gasteiger partial charge on any atom is -0.0277 e. The van der Waals surface area contributed by atoms with E-state index in [4.69, 9.17) is 0 Å². The van der Waals surface area contributed by atoms with Crippen molar-refractivity contribution < 1.29 is 0 Å². The summed E-state index contributed by atoms with van der Waals surface area (Å²) < 4.78 is 0. The minimum Gasteiger partial charge on any atom is -0.100 e. The molecule has 0 rings (SSSR count). The van der Waals surface area contributed by atoms with Gasteiger partial charge in [0.2, 0.25) is 0 Å². The smallest absolute Gasteiger partial charge is 0.0277 e. The first kappa shape index (κ1) is 12.4. The van der Waals surface area contributed by atoms with Gasteiger partial charge in [0.05, 0.1) is 0 Å². The molecular weight excluding hydrogens is 120 g/mol. The summed E-state index contributed by atoms with van der Waals surface area (Å²) in [5.41, 5.74) is 1.70. The van der Waals surface area contributed by atoms with Gasteiger partial charge in [0.25, 0.3) is 0 Å². The Bertz CT molecular complexity index is 82.7. The van der Waals surface area contributed by atoms with E-state index in [1.165, 1.54) is 5.57 Å². The van der Waals surface area contributed by atoms with E-state index in [0.717, 1.165) is 6.42 Å². The van der Waals surface area contributed by atoms with Gasteiger partial charge in [-0.25, -0.2) is 0 Å². The highest BCUT2D eigenvalue weighted by molar-refractivity contribution is 4.91. The van der Waals surface area contributed by atoms with Crippen molar-refractivity contribution in [2.45, 2.75) is 48.0 Å². The van der Waals surface area contributed by atoms with Crippen molar-refractivity contribution in [3.05, 3.63) is 12.2 Å². The zero-order valence-corrected chi connectivity index (χ0v) is 8.41. The van der Waals surface area contributed by atoms with Crippen LogP contribution in [-0.2, 0) is 0 Å². The molecule has 0 amide bonds. The topological polar surface area (TPSA) is 0 Å². The van der Waals surface area contributed by atoms with Gasteiger partial charge in [-0.3, -0.25) is 0 Å². The zero-order chi connectivity index (χ0) is 8.78. The Labute approximate surface area is 66.3 Å². The molecule has 0 spiro atoms. The number of hydrogen-bond donors (Lipinski definition) is 0. The summed E-state index contributed by atoms with van der Waals surface area (Å²) in [6, 6.07) is 0. The van der Waals surface area contributed by atoms with Gasteiger partial charge in [-0.1, -0.05) is 40.2 Å². The van der Waals surface area contributed by atoms with E-state index in [-0.39, 0.29) is 0 Å². The molecule has 0 radical (unpaired) electrons. The average molecular weight is 142 g/mol. The van der Waals surface area contributed by atoms with Crippen molar-refractivity contribution in [2.75, 3.05) is 0 Å². The van der Waals surface area contributed by atoms with Gasteiger partial charge in [-0.05, 0) is 18.8 Å². The van der Waals surface area contributed by atoms with Gasteiger partial charge in [0, 0.05) is 0 Å². The van der Waals surface area contributed by atoms with Gasteiger partial charge in [0.15, 0.2) is 0 Å². The van der Waals surface area contributed by atoms with Crippen LogP contribution in [-0.4, -0.2) is 0 Å². The molecule has 0 bridgehead atoms. The molecule has 0 aliphatic heterocycles. The fourth-order valence-corrected chi connectivity index (χ4v) is 0.905. The maximum absolute atomic E-state index is 3.84. The lowest BCUT2D eigenvalue weighted by atomic mass is 9.89. The van der Waals surface area contributed by atoms with Gasteiger partial charge >= 0.3 is 0 Å². The lowest BCUT2D eigenvalue weighted by molar-refractivity contribution is 0.410. The second-order valence-electron chi connectivity index (χ2n) is 3.69. The fourth-order valence-electron chi connectivity index (χ4n) is 0.905. The first-order valence-corrected chi connectivity index (χ1v) is 4.06. The molecule has 0 N–H and O–H groups in total. The molecule has 0 fully saturated rings. The Kier molecular flexibility index (Phi) is 6.85. The van der Waals surface area contributed by atoms with Crippen LogP contribution in [0.3, 0.4) is 0 Å². The third kappa shape index (κ3) is 15.6. The largest absolute Gasteiger partial charge is 0.100 e. The lowest BCUT2D eigenvalue weighted by Gasteiger charge is -2.17. The summed E-state index contributed by atoms with van der Waals surface area (Å²) >= 11 is 0. The van der Waals surface area contributed by atoms with E-state index in [1.807, 2.05) is 13.8 Å². The van der Waals surface area contributed by atoms with Crippen molar-refractivity contribution >= 4 is 0 Å². The summed E-state index contributed by atoms with van der Waals surface area (Å²) in [7, 11) is 0. The summed E-state index contributed by atoms with van der Waals surface area (Å²) in [6.07, 6.45) is 1.13. The third-order valence-electron chi connectivity index (χ3n) is 0.832. The summed E-state index contributed by atoms with van der Waals surface area (Å²) in [5, 5.41) is 0. The van der Waals surface area contributed by atoms with Crippen LogP contribution in [0.5, 0.6) is 0 Å². The molecule has 0 nitrogen and oxygen atoms in total. The molecule has 0 atom stereocenters. The van der Waals surface area contributed by atoms with E-state index in [2.05, 4.69) is 34.3 Å². The van der Waals surface area contributed by atoms with Gasteiger partial charge in [-0.15, -0.1) is 6.58 Å². The van der Waals surface area contributed by atoms with Gasteiger partial charge in [0.1, 0.15) is 0 Å². The second kappa shape index (κ2) is 5.52. The standard InChI is InChI=1S/C8H16.C2H6/c1-7(2)6-8(3,4)5;1-2/h1,6H2,2-5H3;1-2H3. The molecule has 0 unspecified atom stereocenters. The van der Waals surface area contributed by atoms with Crippen LogP contribution < -0.4 is 0 Å². The average Bonchev–Trinajstić information content (AvgIpc) is 1.64. The van der Waals surface area contributed by atoms with Crippen LogP contribution in [0.1, 0.15) is 48.0 Å². The maximum atomic E-state index is 3.84. The Morgan fingerprint density at radius 1 is 1.20 bits per heavy atom. The Morgan fingerprint density at radius 3 is 1.50 bits per heavy atom. The Hall–Kier alpha value is -0.260. The van der Waals surface area contributed by atoms with Crippen LogP contribution in [0.25, 0.3) is 0 Å². The molecule has 0 saturated heterocycles. The van der Waals surface area contributed by atoms with Crippen molar-refractivity contribution in [1.29, 1.82) is 0 Å². The van der Waals surface area contributed by atoms with Crippen LogP contribution in [0.2, 0.25) is 0 Å². The fraction of sp³-hybridized carbons (Fsp3) is 0.800. The SMILES string of the molecule is C=C(C)CC(C)(C)C.CC. The molecular formula is C10H22. The molecule has 0 aromatic carbocycles. The Balaban J connectivity index is 0. The normalized spacial score (nSPS) is 9.80. The van der Waals surface area contributed by atoms with Crippen molar-refractivity contribution in [3.8, 4) is 0 Å². The summed E-state index contributed by atoms with van der Waals surface area (Å²) in [5.74, 6) is 0. The molecule has 0 aliphatic carbocycles. The first-order valence-electron chi connectivity index (χ1n) is 4.06. The molecule has 0 aromatic rings. The second-order valence-corrected chi connectivity index (χ2v) is 3.69. The molecule has 0 aliphatic rings. The molecule has 10 heavy (non-hydrogen) atoms. The van der Waals surface area contributed by atoms with Crippen molar-refractivity contribution in [3.63, 3.8) is 0 Å². The minimum atomic E-state index is 0.422. The van der Waals surface area contributed by atoms with E-state index in [0.29, 0.717) is 5.41 Å². The van der Waals surface area contributed by atoms with Crippen molar-refractivity contribution in [1.82, 2.24) is 0 Å². The number of allylic oxidation sites excluding steroid dienone is 1. The summed E-state index contributed by atoms with van der Waals surface area (Å²) in [4.78, 5) is 0. The monoisotopic (exact) mass is 142 g/mol. The van der Waals surface area contributed by atoms with E-state index < -0.39 is 0 Å². The molecule has 62 valence electrons. The predicted octanol–water partition coefficient (Wildman–Crippen LogP) is 4.02. The predicted molar refractivity (Wildman–Crippen MR) is 50.2 cm³/mol. The molecule has 0 saturated carbocycles. The van der Waals surface area contributed by atoms with Crippen LogP contribution >= 0.6 is 0 Å². The quantitative estimate of drug-likeness (QED) is 0.485. The first-order chi connectivity index (χ1) is 4.42. The Morgan fingerprint density at radius 2 is 1.50 bits per heavy atom. The highest BCUT2D eigenvalue weighted by atomic mass is 14.1. The number of rotatable bonds is 1. The van der Waals surface area contributed by atoms with Gasteiger partial charge in [-0.2, -0.15) is 0 Å². The van der Waals surface area contributed by atoms with Gasteiger partial charge < -0.3 is 0 Å². The highest BCUT2D eigenvalue weighted by Crippen LogP contribution is 2.21. The molecule has 0 heterocycles.